The molecule has 0 saturated heterocycles. The van der Waals surface area contributed by atoms with Gasteiger partial charge in [-0.1, -0.05) is 36.4 Å². The zero-order valence-corrected chi connectivity index (χ0v) is 26.7. The van der Waals surface area contributed by atoms with Crippen LogP contribution in [-0.2, 0) is 28.9 Å². The fourth-order valence-electron chi connectivity index (χ4n) is 5.96. The second-order valence-corrected chi connectivity index (χ2v) is 12.4. The third kappa shape index (κ3) is 8.19. The van der Waals surface area contributed by atoms with Crippen LogP contribution in [0.4, 0.5) is 4.79 Å². The molecule has 0 saturated carbocycles. The lowest BCUT2D eigenvalue weighted by Crippen LogP contribution is -2.54. The molecule has 3 aromatic rings. The number of benzene rings is 3. The summed E-state index contributed by atoms with van der Waals surface area (Å²) >= 11 is 0. The molecule has 1 amide bonds. The SMILES string of the molecule is COc1cc2c(cc1OC)C(COCc1ccccc1)N(CC(Cc1ccc3c(c1)OCO3)NC(=O)OC(C)(C)C)C(CO)C2. The number of carbonyl (C=O) groups excluding carboxylic acids is 1. The molecule has 0 fully saturated rings. The Kier molecular flexibility index (Phi) is 10.4. The molecule has 0 radical (unpaired) electrons. The number of ether oxygens (including phenoxy) is 6. The summed E-state index contributed by atoms with van der Waals surface area (Å²) in [5, 5.41) is 13.8. The highest BCUT2D eigenvalue weighted by Crippen LogP contribution is 2.40. The van der Waals surface area contributed by atoms with Crippen LogP contribution in [0.15, 0.2) is 60.7 Å². The van der Waals surface area contributed by atoms with Gasteiger partial charge in [-0.3, -0.25) is 4.90 Å². The predicted molar refractivity (Wildman–Crippen MR) is 169 cm³/mol. The lowest BCUT2D eigenvalue weighted by atomic mass is 9.87. The fourth-order valence-corrected chi connectivity index (χ4v) is 5.96. The van der Waals surface area contributed by atoms with Crippen molar-refractivity contribution >= 4 is 6.09 Å². The van der Waals surface area contributed by atoms with Crippen LogP contribution in [0, 0.1) is 0 Å². The molecule has 45 heavy (non-hydrogen) atoms. The number of amides is 1. The lowest BCUT2D eigenvalue weighted by molar-refractivity contribution is -0.000160. The van der Waals surface area contributed by atoms with Crippen LogP contribution in [0.25, 0.3) is 0 Å². The van der Waals surface area contributed by atoms with E-state index >= 15 is 0 Å². The summed E-state index contributed by atoms with van der Waals surface area (Å²) in [6.45, 7) is 6.84. The molecule has 242 valence electrons. The minimum absolute atomic E-state index is 0.0772. The first kappa shape index (κ1) is 32.4. The van der Waals surface area contributed by atoms with Crippen molar-refractivity contribution in [1.82, 2.24) is 10.2 Å². The molecule has 5 rings (SSSR count). The van der Waals surface area contributed by atoms with Crippen molar-refractivity contribution in [2.24, 2.45) is 0 Å². The van der Waals surface area contributed by atoms with Crippen LogP contribution < -0.4 is 24.3 Å². The van der Waals surface area contributed by atoms with Gasteiger partial charge in [0.1, 0.15) is 5.60 Å². The van der Waals surface area contributed by atoms with E-state index in [-0.39, 0.29) is 31.5 Å². The number of hydrogen-bond donors (Lipinski definition) is 2. The molecular weight excluding hydrogens is 576 g/mol. The van der Waals surface area contributed by atoms with Crippen molar-refractivity contribution in [3.63, 3.8) is 0 Å². The smallest absolute Gasteiger partial charge is 0.407 e. The van der Waals surface area contributed by atoms with Gasteiger partial charge in [0.15, 0.2) is 23.0 Å². The number of aliphatic hydroxyl groups is 1. The molecule has 2 N–H and O–H groups in total. The summed E-state index contributed by atoms with van der Waals surface area (Å²) < 4.78 is 34.4. The average molecular weight is 621 g/mol. The Balaban J connectivity index is 1.47. The van der Waals surface area contributed by atoms with Gasteiger partial charge in [0.25, 0.3) is 0 Å². The van der Waals surface area contributed by atoms with Gasteiger partial charge in [-0.05, 0) is 80.1 Å². The van der Waals surface area contributed by atoms with E-state index in [1.165, 1.54) is 0 Å². The van der Waals surface area contributed by atoms with E-state index in [1.54, 1.807) is 14.2 Å². The highest BCUT2D eigenvalue weighted by atomic mass is 16.7. The Labute approximate surface area is 265 Å². The maximum atomic E-state index is 13.1. The van der Waals surface area contributed by atoms with Crippen LogP contribution in [0.5, 0.6) is 23.0 Å². The number of methoxy groups -OCH3 is 2. The predicted octanol–water partition coefficient (Wildman–Crippen LogP) is 5.05. The van der Waals surface area contributed by atoms with E-state index < -0.39 is 11.7 Å². The molecular formula is C35H44N2O8. The Morgan fingerprint density at radius 3 is 2.44 bits per heavy atom. The molecule has 2 heterocycles. The molecule has 3 atom stereocenters. The number of nitrogens with one attached hydrogen (secondary N) is 1. The Morgan fingerprint density at radius 2 is 1.73 bits per heavy atom. The number of hydrogen-bond acceptors (Lipinski definition) is 9. The first-order valence-electron chi connectivity index (χ1n) is 15.3. The number of alkyl carbamates (subject to hydrolysis) is 1. The normalized spacial score (nSPS) is 18.2. The van der Waals surface area contributed by atoms with Gasteiger partial charge >= 0.3 is 6.09 Å². The molecule has 0 bridgehead atoms. The summed E-state index contributed by atoms with van der Waals surface area (Å²) in [6.07, 6.45) is 0.584. The third-order valence-corrected chi connectivity index (χ3v) is 8.00. The summed E-state index contributed by atoms with van der Waals surface area (Å²) in [7, 11) is 3.24. The molecule has 10 heteroatoms. The zero-order chi connectivity index (χ0) is 32.0. The quantitative estimate of drug-likeness (QED) is 0.288. The van der Waals surface area contributed by atoms with Crippen molar-refractivity contribution in [2.75, 3.05) is 40.8 Å². The third-order valence-electron chi connectivity index (χ3n) is 8.00. The van der Waals surface area contributed by atoms with Crippen LogP contribution in [-0.4, -0.2) is 74.6 Å². The number of rotatable bonds is 12. The standard InChI is InChI=1S/C35H44N2O8/c1-35(2,3)45-34(39)36-26(13-24-11-12-30-33(14-24)44-22-43-30)18-37-27(19-38)15-25-16-31(40-4)32(41-5)17-28(25)29(37)21-42-20-23-9-7-6-8-10-23/h6-12,14,16-17,26-27,29,38H,13,15,18-22H2,1-5H3,(H,36,39). The Hall–Kier alpha value is -3.99. The van der Waals surface area contributed by atoms with E-state index in [4.69, 9.17) is 28.4 Å². The number of aliphatic hydroxyl groups excluding tert-OH is 1. The highest BCUT2D eigenvalue weighted by molar-refractivity contribution is 5.68. The molecule has 10 nitrogen and oxygen atoms in total. The first-order chi connectivity index (χ1) is 21.7. The summed E-state index contributed by atoms with van der Waals surface area (Å²) in [4.78, 5) is 15.3. The number of carbonyl (C=O) groups is 1. The number of fused-ring (bicyclic) bond motifs is 2. The van der Waals surface area contributed by atoms with Gasteiger partial charge in [-0.2, -0.15) is 0 Å². The van der Waals surface area contributed by atoms with Gasteiger partial charge in [0.05, 0.1) is 40.1 Å². The molecule has 3 unspecified atom stereocenters. The van der Waals surface area contributed by atoms with Gasteiger partial charge in [-0.15, -0.1) is 0 Å². The number of nitrogens with zero attached hydrogens (tertiary/aromatic N) is 1. The van der Waals surface area contributed by atoms with Crippen molar-refractivity contribution in [3.05, 3.63) is 82.9 Å². The molecule has 2 aliphatic rings. The topological polar surface area (TPSA) is 108 Å². The molecule has 0 spiro atoms. The van der Waals surface area contributed by atoms with Crippen molar-refractivity contribution < 1.29 is 38.3 Å². The zero-order valence-electron chi connectivity index (χ0n) is 26.7. The summed E-state index contributed by atoms with van der Waals surface area (Å²) in [5.74, 6) is 2.63. The second kappa shape index (κ2) is 14.4. The molecule has 2 aliphatic heterocycles. The van der Waals surface area contributed by atoms with E-state index in [0.29, 0.717) is 55.6 Å². The average Bonchev–Trinajstić information content (AvgIpc) is 3.48. The minimum Gasteiger partial charge on any atom is -0.493 e. The van der Waals surface area contributed by atoms with Crippen LogP contribution in [0.3, 0.4) is 0 Å². The summed E-state index contributed by atoms with van der Waals surface area (Å²) in [6, 6.07) is 19.0. The van der Waals surface area contributed by atoms with E-state index in [2.05, 4.69) is 10.2 Å². The van der Waals surface area contributed by atoms with E-state index in [0.717, 1.165) is 22.3 Å². The first-order valence-corrected chi connectivity index (χ1v) is 15.3. The van der Waals surface area contributed by atoms with Gasteiger partial charge < -0.3 is 38.8 Å². The lowest BCUT2D eigenvalue weighted by Gasteiger charge is -2.44. The van der Waals surface area contributed by atoms with Gasteiger partial charge in [0, 0.05) is 18.6 Å². The Bertz CT molecular complexity index is 1440. The summed E-state index contributed by atoms with van der Waals surface area (Å²) in [5.41, 5.74) is 3.47. The second-order valence-electron chi connectivity index (χ2n) is 12.4. The highest BCUT2D eigenvalue weighted by Gasteiger charge is 2.37. The maximum Gasteiger partial charge on any atom is 0.407 e. The van der Waals surface area contributed by atoms with Crippen molar-refractivity contribution in [1.29, 1.82) is 0 Å². The Morgan fingerprint density at radius 1 is 1.00 bits per heavy atom. The van der Waals surface area contributed by atoms with Gasteiger partial charge in [-0.25, -0.2) is 4.79 Å². The van der Waals surface area contributed by atoms with Crippen LogP contribution >= 0.6 is 0 Å². The maximum absolute atomic E-state index is 13.1. The fraction of sp³-hybridized carbons (Fsp3) is 0.457. The van der Waals surface area contributed by atoms with Crippen LogP contribution in [0.1, 0.15) is 49.1 Å². The molecule has 3 aromatic carbocycles. The molecule has 0 aliphatic carbocycles. The van der Waals surface area contributed by atoms with E-state index in [9.17, 15) is 9.90 Å². The monoisotopic (exact) mass is 620 g/mol. The van der Waals surface area contributed by atoms with Crippen LogP contribution in [0.2, 0.25) is 0 Å². The minimum atomic E-state index is -0.658. The van der Waals surface area contributed by atoms with Crippen molar-refractivity contribution in [3.8, 4) is 23.0 Å². The largest absolute Gasteiger partial charge is 0.493 e. The van der Waals surface area contributed by atoms with E-state index in [1.807, 2.05) is 81.4 Å². The molecule has 0 aromatic heterocycles. The van der Waals surface area contributed by atoms with Gasteiger partial charge in [0.2, 0.25) is 6.79 Å². The van der Waals surface area contributed by atoms with Crippen molar-refractivity contribution in [2.45, 2.75) is 63.9 Å².